The van der Waals surface area contributed by atoms with Crippen LogP contribution in [0.3, 0.4) is 0 Å². The molecule has 0 aliphatic heterocycles. The number of methoxy groups -OCH3 is 1. The van der Waals surface area contributed by atoms with Crippen LogP contribution in [-0.2, 0) is 4.74 Å². The Labute approximate surface area is 146 Å². The summed E-state index contributed by atoms with van der Waals surface area (Å²) in [5.74, 6) is 1.61. The summed E-state index contributed by atoms with van der Waals surface area (Å²) >= 11 is 0. The van der Waals surface area contributed by atoms with Crippen molar-refractivity contribution in [3.8, 4) is 17.4 Å². The van der Waals surface area contributed by atoms with E-state index in [0.29, 0.717) is 17.4 Å². The molecule has 0 spiro atoms. The van der Waals surface area contributed by atoms with Gasteiger partial charge in [-0.1, -0.05) is 18.2 Å². The maximum atomic E-state index is 12.1. The van der Waals surface area contributed by atoms with Crippen LogP contribution >= 0.6 is 0 Å². The van der Waals surface area contributed by atoms with Gasteiger partial charge < -0.3 is 14.2 Å². The van der Waals surface area contributed by atoms with Crippen LogP contribution in [0, 0.1) is 0 Å². The fourth-order valence-electron chi connectivity index (χ4n) is 2.36. The van der Waals surface area contributed by atoms with Gasteiger partial charge in [-0.15, -0.1) is 0 Å². The molecule has 0 aliphatic rings. The molecule has 0 saturated carbocycles. The van der Waals surface area contributed by atoms with Gasteiger partial charge in [-0.3, -0.25) is 4.57 Å². The van der Waals surface area contributed by atoms with Crippen molar-refractivity contribution in [3.05, 3.63) is 48.9 Å². The van der Waals surface area contributed by atoms with Crippen LogP contribution < -0.4 is 9.47 Å². The Hall–Kier alpha value is -3.02. The third-order valence-corrected chi connectivity index (χ3v) is 3.43. The number of carbonyl (C=O) groups excluding carboxylic acids is 1. The first-order valence-corrected chi connectivity index (χ1v) is 7.88. The molecular formula is C19H20N2O4. The predicted molar refractivity (Wildman–Crippen MR) is 94.4 cm³/mol. The van der Waals surface area contributed by atoms with E-state index in [1.807, 2.05) is 45.0 Å². The molecule has 2 heterocycles. The summed E-state index contributed by atoms with van der Waals surface area (Å²) in [6, 6.07) is 9.36. The molecule has 0 saturated heterocycles. The van der Waals surface area contributed by atoms with Crippen LogP contribution in [0.15, 0.2) is 48.9 Å². The van der Waals surface area contributed by atoms with Gasteiger partial charge in [-0.2, -0.15) is 0 Å². The van der Waals surface area contributed by atoms with Gasteiger partial charge in [-0.05, 0) is 32.9 Å². The zero-order valence-corrected chi connectivity index (χ0v) is 14.6. The van der Waals surface area contributed by atoms with Gasteiger partial charge in [0.25, 0.3) is 0 Å². The van der Waals surface area contributed by atoms with Crippen molar-refractivity contribution in [2.45, 2.75) is 26.4 Å². The number of hydrogen-bond acceptors (Lipinski definition) is 5. The van der Waals surface area contributed by atoms with Gasteiger partial charge in [0.1, 0.15) is 17.1 Å². The highest BCUT2D eigenvalue weighted by Gasteiger charge is 2.18. The largest absolute Gasteiger partial charge is 0.494 e. The highest BCUT2D eigenvalue weighted by Crippen LogP contribution is 2.33. The lowest BCUT2D eigenvalue weighted by molar-refractivity contribution is 0.0536. The molecule has 0 atom stereocenters. The number of benzene rings is 1. The Bertz CT molecular complexity index is 909. The van der Waals surface area contributed by atoms with E-state index in [9.17, 15) is 4.79 Å². The zero-order valence-electron chi connectivity index (χ0n) is 14.6. The molecule has 130 valence electrons. The summed E-state index contributed by atoms with van der Waals surface area (Å²) in [6.45, 7) is 5.46. The molecule has 0 bridgehead atoms. The topological polar surface area (TPSA) is 62.6 Å². The van der Waals surface area contributed by atoms with E-state index in [2.05, 4.69) is 4.98 Å². The zero-order chi connectivity index (χ0) is 18.0. The minimum atomic E-state index is -0.559. The third kappa shape index (κ3) is 3.74. The number of pyridine rings is 1. The average Bonchev–Trinajstić information content (AvgIpc) is 3.02. The van der Waals surface area contributed by atoms with Crippen molar-refractivity contribution < 1.29 is 19.0 Å². The standard InChI is InChI=1S/C19H20N2O4/c1-19(2,3)25-18(22)21-10-9-13(12-21)24-17-15-8-6-5-7-14(15)16(23-4)11-20-17/h5-12H,1-4H3. The van der Waals surface area contributed by atoms with E-state index >= 15 is 0 Å². The third-order valence-electron chi connectivity index (χ3n) is 3.43. The SMILES string of the molecule is COc1cnc(Oc2ccn(C(=O)OC(C)(C)C)c2)c2ccccc12. The maximum Gasteiger partial charge on any atom is 0.418 e. The number of aromatic nitrogens is 2. The summed E-state index contributed by atoms with van der Waals surface area (Å²) < 4.78 is 17.9. The molecule has 0 unspecified atom stereocenters. The van der Waals surface area contributed by atoms with E-state index < -0.39 is 11.7 Å². The highest BCUT2D eigenvalue weighted by molar-refractivity contribution is 5.91. The summed E-state index contributed by atoms with van der Waals surface area (Å²) in [7, 11) is 1.60. The molecule has 1 aromatic carbocycles. The molecule has 6 heteroatoms. The molecule has 0 fully saturated rings. The predicted octanol–water partition coefficient (Wildman–Crippen LogP) is 4.62. The molecule has 3 rings (SSSR count). The van der Waals surface area contributed by atoms with Crippen molar-refractivity contribution in [3.63, 3.8) is 0 Å². The van der Waals surface area contributed by atoms with Gasteiger partial charge >= 0.3 is 6.09 Å². The van der Waals surface area contributed by atoms with Crippen LogP contribution in [0.1, 0.15) is 20.8 Å². The average molecular weight is 340 g/mol. The Morgan fingerprint density at radius 3 is 2.52 bits per heavy atom. The van der Waals surface area contributed by atoms with Crippen molar-refractivity contribution in [2.24, 2.45) is 0 Å². The summed E-state index contributed by atoms with van der Waals surface area (Å²) in [5, 5.41) is 1.73. The number of rotatable bonds is 3. The molecule has 6 nitrogen and oxygen atoms in total. The Morgan fingerprint density at radius 1 is 1.12 bits per heavy atom. The second-order valence-corrected chi connectivity index (χ2v) is 6.51. The van der Waals surface area contributed by atoms with Crippen LogP contribution in [0.2, 0.25) is 0 Å². The van der Waals surface area contributed by atoms with Crippen LogP contribution in [0.25, 0.3) is 10.8 Å². The summed E-state index contributed by atoms with van der Waals surface area (Å²) in [6.07, 6.45) is 4.31. The number of hydrogen-bond donors (Lipinski definition) is 0. The van der Waals surface area contributed by atoms with Crippen molar-refractivity contribution in [2.75, 3.05) is 7.11 Å². The van der Waals surface area contributed by atoms with E-state index in [0.717, 1.165) is 10.8 Å². The number of ether oxygens (including phenoxy) is 3. The van der Waals surface area contributed by atoms with Crippen LogP contribution in [-0.4, -0.2) is 28.4 Å². The number of carbonyl (C=O) groups is 1. The summed E-state index contributed by atoms with van der Waals surface area (Å²) in [5.41, 5.74) is -0.559. The second kappa shape index (κ2) is 6.47. The van der Waals surface area contributed by atoms with Crippen LogP contribution in [0.5, 0.6) is 17.4 Å². The highest BCUT2D eigenvalue weighted by atomic mass is 16.6. The van der Waals surface area contributed by atoms with Crippen molar-refractivity contribution >= 4 is 16.9 Å². The molecule has 3 aromatic rings. The van der Waals surface area contributed by atoms with Crippen LogP contribution in [0.4, 0.5) is 4.79 Å². The van der Waals surface area contributed by atoms with E-state index in [1.165, 1.54) is 4.57 Å². The first-order valence-electron chi connectivity index (χ1n) is 7.88. The molecule has 0 amide bonds. The van der Waals surface area contributed by atoms with Crippen molar-refractivity contribution in [1.82, 2.24) is 9.55 Å². The van der Waals surface area contributed by atoms with Crippen molar-refractivity contribution in [1.29, 1.82) is 0 Å². The molecule has 0 aliphatic carbocycles. The van der Waals surface area contributed by atoms with Gasteiger partial charge in [0.05, 0.1) is 19.5 Å². The van der Waals surface area contributed by atoms with E-state index in [4.69, 9.17) is 14.2 Å². The monoisotopic (exact) mass is 340 g/mol. The van der Waals surface area contributed by atoms with E-state index in [-0.39, 0.29) is 0 Å². The lowest BCUT2D eigenvalue weighted by Crippen LogP contribution is -2.26. The molecule has 0 radical (unpaired) electrons. The van der Waals surface area contributed by atoms with Gasteiger partial charge in [0.2, 0.25) is 5.88 Å². The number of nitrogens with zero attached hydrogens (tertiary/aromatic N) is 2. The quantitative estimate of drug-likeness (QED) is 0.696. The second-order valence-electron chi connectivity index (χ2n) is 6.51. The smallest absolute Gasteiger partial charge is 0.418 e. The normalized spacial score (nSPS) is 11.4. The van der Waals surface area contributed by atoms with Gasteiger partial charge in [0.15, 0.2) is 0 Å². The fourth-order valence-corrected chi connectivity index (χ4v) is 2.36. The molecular weight excluding hydrogens is 320 g/mol. The Kier molecular flexibility index (Phi) is 4.35. The lowest BCUT2D eigenvalue weighted by atomic mass is 10.1. The molecule has 0 N–H and O–H groups in total. The molecule has 25 heavy (non-hydrogen) atoms. The van der Waals surface area contributed by atoms with E-state index in [1.54, 1.807) is 31.8 Å². The first kappa shape index (κ1) is 16.8. The molecule has 2 aromatic heterocycles. The minimum absolute atomic E-state index is 0.443. The van der Waals surface area contributed by atoms with Gasteiger partial charge in [0, 0.05) is 17.0 Å². The van der Waals surface area contributed by atoms with Gasteiger partial charge in [-0.25, -0.2) is 9.78 Å². The minimum Gasteiger partial charge on any atom is -0.494 e. The summed E-state index contributed by atoms with van der Waals surface area (Å²) in [4.78, 5) is 16.4. The lowest BCUT2D eigenvalue weighted by Gasteiger charge is -2.19. The Balaban J connectivity index is 1.87. The maximum absolute atomic E-state index is 12.1. The first-order chi connectivity index (χ1) is 11.9. The fraction of sp³-hybridized carbons (Fsp3) is 0.263. The number of fused-ring (bicyclic) bond motifs is 1. The Morgan fingerprint density at radius 2 is 1.84 bits per heavy atom.